The molecule has 0 amide bonds. The zero-order valence-electron chi connectivity index (χ0n) is 5.97. The fourth-order valence-corrected chi connectivity index (χ4v) is 1.97. The molecule has 1 unspecified atom stereocenters. The Balaban J connectivity index is 2.43. The van der Waals surface area contributed by atoms with Gasteiger partial charge in [-0.1, -0.05) is 11.8 Å². The second-order valence-corrected chi connectivity index (χ2v) is 3.40. The minimum Gasteiger partial charge on any atom is -0.476 e. The Morgan fingerprint density at radius 2 is 2.58 bits per heavy atom. The van der Waals surface area contributed by atoms with Crippen molar-refractivity contribution < 1.29 is 15.0 Å². The van der Waals surface area contributed by atoms with E-state index in [-0.39, 0.29) is 5.69 Å². The van der Waals surface area contributed by atoms with Crippen LogP contribution >= 0.6 is 11.8 Å². The number of aliphatic hydroxyl groups excluding tert-OH is 1. The number of rotatable bonds is 1. The molecule has 2 heterocycles. The van der Waals surface area contributed by atoms with Crippen LogP contribution in [0.4, 0.5) is 0 Å². The summed E-state index contributed by atoms with van der Waals surface area (Å²) in [7, 11) is 0. The third-order valence-corrected chi connectivity index (χ3v) is 2.63. The Labute approximate surface area is 72.0 Å². The molecule has 1 aliphatic rings. The van der Waals surface area contributed by atoms with Gasteiger partial charge in [0.2, 0.25) is 0 Å². The summed E-state index contributed by atoms with van der Waals surface area (Å²) in [4.78, 5) is 14.3. The summed E-state index contributed by atoms with van der Waals surface area (Å²) in [6, 6.07) is 0. The van der Waals surface area contributed by atoms with Gasteiger partial charge in [0, 0.05) is 11.9 Å². The number of carboxylic acid groups (broad SMARTS) is 1. The lowest BCUT2D eigenvalue weighted by Gasteiger charge is -2.00. The largest absolute Gasteiger partial charge is 0.476 e. The molecular formula is C6H6N2O3S. The van der Waals surface area contributed by atoms with Crippen LogP contribution in [0.2, 0.25) is 0 Å². The molecule has 0 aliphatic carbocycles. The highest BCUT2D eigenvalue weighted by molar-refractivity contribution is 7.99. The standard InChI is InChI=1S/C6H6N2O3S/c9-4-2-12-6-7-3(5(10)11)1-8(4)6/h1,4,9H,2H2,(H,10,11). The van der Waals surface area contributed by atoms with Crippen molar-refractivity contribution in [2.75, 3.05) is 5.75 Å². The van der Waals surface area contributed by atoms with Crippen molar-refractivity contribution in [3.63, 3.8) is 0 Å². The van der Waals surface area contributed by atoms with Crippen LogP contribution in [0.1, 0.15) is 16.7 Å². The second-order valence-electron chi connectivity index (χ2n) is 2.41. The number of carbonyl (C=O) groups is 1. The molecule has 0 bridgehead atoms. The molecule has 0 fully saturated rings. The van der Waals surface area contributed by atoms with Gasteiger partial charge in [0.15, 0.2) is 10.9 Å². The van der Waals surface area contributed by atoms with Crippen LogP contribution in [0.25, 0.3) is 0 Å². The zero-order chi connectivity index (χ0) is 8.72. The first-order chi connectivity index (χ1) is 5.68. The molecule has 6 heteroatoms. The number of aromatic nitrogens is 2. The first kappa shape index (κ1) is 7.63. The molecule has 12 heavy (non-hydrogen) atoms. The van der Waals surface area contributed by atoms with Gasteiger partial charge in [0.1, 0.15) is 6.23 Å². The molecule has 1 aromatic heterocycles. The van der Waals surface area contributed by atoms with Crippen molar-refractivity contribution in [3.05, 3.63) is 11.9 Å². The van der Waals surface area contributed by atoms with Crippen molar-refractivity contribution in [1.82, 2.24) is 9.55 Å². The van der Waals surface area contributed by atoms with Crippen LogP contribution in [0.15, 0.2) is 11.4 Å². The topological polar surface area (TPSA) is 75.3 Å². The van der Waals surface area contributed by atoms with Crippen LogP contribution in [0, 0.1) is 0 Å². The number of aromatic carboxylic acids is 1. The van der Waals surface area contributed by atoms with Gasteiger partial charge in [-0.05, 0) is 0 Å². The highest BCUT2D eigenvalue weighted by Crippen LogP contribution is 2.30. The van der Waals surface area contributed by atoms with E-state index in [1.54, 1.807) is 0 Å². The minimum absolute atomic E-state index is 0.0174. The van der Waals surface area contributed by atoms with Crippen molar-refractivity contribution in [1.29, 1.82) is 0 Å². The first-order valence-electron chi connectivity index (χ1n) is 3.31. The maximum atomic E-state index is 10.4. The van der Waals surface area contributed by atoms with Gasteiger partial charge in [0.25, 0.3) is 0 Å². The van der Waals surface area contributed by atoms with Gasteiger partial charge in [-0.15, -0.1) is 0 Å². The highest BCUT2D eigenvalue weighted by atomic mass is 32.2. The molecular weight excluding hydrogens is 180 g/mol. The average Bonchev–Trinajstić information content (AvgIpc) is 2.53. The summed E-state index contributed by atoms with van der Waals surface area (Å²) < 4.78 is 1.47. The van der Waals surface area contributed by atoms with Crippen LogP contribution in [0.5, 0.6) is 0 Å². The van der Waals surface area contributed by atoms with Gasteiger partial charge in [0.05, 0.1) is 0 Å². The number of fused-ring (bicyclic) bond motifs is 1. The average molecular weight is 186 g/mol. The number of carboxylic acids is 1. The molecule has 0 aromatic carbocycles. The number of hydrogen-bond donors (Lipinski definition) is 2. The number of imidazole rings is 1. The highest BCUT2D eigenvalue weighted by Gasteiger charge is 2.24. The third-order valence-electron chi connectivity index (χ3n) is 1.60. The summed E-state index contributed by atoms with van der Waals surface area (Å²) in [5.74, 6) is -0.521. The van der Waals surface area contributed by atoms with E-state index in [9.17, 15) is 9.90 Å². The predicted octanol–water partition coefficient (Wildman–Crippen LogP) is 0.178. The lowest BCUT2D eigenvalue weighted by atomic mass is 10.5. The Kier molecular flexibility index (Phi) is 1.59. The fraction of sp³-hybridized carbons (Fsp3) is 0.333. The maximum absolute atomic E-state index is 10.4. The number of nitrogens with zero attached hydrogens (tertiary/aromatic N) is 2. The molecule has 0 radical (unpaired) electrons. The lowest BCUT2D eigenvalue weighted by Crippen LogP contribution is -2.03. The molecule has 0 saturated heterocycles. The minimum atomic E-state index is -1.07. The summed E-state index contributed by atoms with van der Waals surface area (Å²) in [5.41, 5.74) is -0.0174. The normalized spacial score (nSPS) is 20.9. The molecule has 2 rings (SSSR count). The summed E-state index contributed by atoms with van der Waals surface area (Å²) in [6.45, 7) is 0. The van der Waals surface area contributed by atoms with Crippen LogP contribution in [-0.4, -0.2) is 31.5 Å². The maximum Gasteiger partial charge on any atom is 0.356 e. The van der Waals surface area contributed by atoms with Crippen molar-refractivity contribution >= 4 is 17.7 Å². The molecule has 1 aromatic rings. The van der Waals surface area contributed by atoms with Crippen molar-refractivity contribution in [3.8, 4) is 0 Å². The number of aliphatic hydroxyl groups is 1. The Morgan fingerprint density at radius 3 is 3.17 bits per heavy atom. The lowest BCUT2D eigenvalue weighted by molar-refractivity contribution is 0.0690. The quantitative estimate of drug-likeness (QED) is 0.654. The summed E-state index contributed by atoms with van der Waals surface area (Å²) >= 11 is 1.35. The fourth-order valence-electron chi connectivity index (χ4n) is 1.03. The van der Waals surface area contributed by atoms with Crippen molar-refractivity contribution in [2.24, 2.45) is 0 Å². The van der Waals surface area contributed by atoms with Gasteiger partial charge in [-0.2, -0.15) is 0 Å². The Morgan fingerprint density at radius 1 is 1.83 bits per heavy atom. The molecule has 64 valence electrons. The zero-order valence-corrected chi connectivity index (χ0v) is 6.78. The second kappa shape index (κ2) is 2.49. The van der Waals surface area contributed by atoms with Gasteiger partial charge < -0.3 is 10.2 Å². The van der Waals surface area contributed by atoms with Crippen LogP contribution in [-0.2, 0) is 0 Å². The molecule has 0 spiro atoms. The van der Waals surface area contributed by atoms with E-state index in [4.69, 9.17) is 5.11 Å². The Hall–Kier alpha value is -1.01. The van der Waals surface area contributed by atoms with E-state index < -0.39 is 12.2 Å². The summed E-state index contributed by atoms with van der Waals surface area (Å²) in [6.07, 6.45) is 0.716. The molecule has 1 aliphatic heterocycles. The van der Waals surface area contributed by atoms with E-state index in [0.29, 0.717) is 10.9 Å². The Bertz CT molecular complexity index is 336. The van der Waals surface area contributed by atoms with Gasteiger partial charge in [-0.3, -0.25) is 4.57 Å². The van der Waals surface area contributed by atoms with Gasteiger partial charge >= 0.3 is 5.97 Å². The molecule has 2 N–H and O–H groups in total. The van der Waals surface area contributed by atoms with E-state index in [2.05, 4.69) is 4.98 Å². The third kappa shape index (κ3) is 0.997. The SMILES string of the molecule is O=C(O)c1cn2c(n1)SCC2O. The van der Waals surface area contributed by atoms with E-state index in [1.165, 1.54) is 22.5 Å². The van der Waals surface area contributed by atoms with Crippen molar-refractivity contribution in [2.45, 2.75) is 11.4 Å². The smallest absolute Gasteiger partial charge is 0.356 e. The van der Waals surface area contributed by atoms with E-state index in [0.717, 1.165) is 0 Å². The summed E-state index contributed by atoms with van der Waals surface area (Å²) in [5, 5.41) is 18.4. The molecule has 0 saturated carbocycles. The van der Waals surface area contributed by atoms with E-state index >= 15 is 0 Å². The number of thioether (sulfide) groups is 1. The van der Waals surface area contributed by atoms with Crippen LogP contribution in [0.3, 0.4) is 0 Å². The molecule has 5 nitrogen and oxygen atoms in total. The monoisotopic (exact) mass is 186 g/mol. The van der Waals surface area contributed by atoms with E-state index in [1.807, 2.05) is 0 Å². The first-order valence-corrected chi connectivity index (χ1v) is 4.30. The van der Waals surface area contributed by atoms with Crippen LogP contribution < -0.4 is 0 Å². The predicted molar refractivity (Wildman–Crippen MR) is 41.2 cm³/mol. The molecule has 1 atom stereocenters. The van der Waals surface area contributed by atoms with Gasteiger partial charge in [-0.25, -0.2) is 9.78 Å². The number of hydrogen-bond acceptors (Lipinski definition) is 4.